The van der Waals surface area contributed by atoms with E-state index in [-0.39, 0.29) is 0 Å². The van der Waals surface area contributed by atoms with E-state index in [0.29, 0.717) is 6.73 Å². The molecule has 21 heavy (non-hydrogen) atoms. The lowest BCUT2D eigenvalue weighted by molar-refractivity contribution is 0.0868. The number of nitrogens with zero attached hydrogens (tertiary/aromatic N) is 2. The van der Waals surface area contributed by atoms with Gasteiger partial charge in [-0.25, -0.2) is 4.98 Å². The van der Waals surface area contributed by atoms with Gasteiger partial charge in [-0.1, -0.05) is 47.7 Å². The lowest BCUT2D eigenvalue weighted by Crippen LogP contribution is -2.22. The molecular weight excluding hydrogens is 344 g/mol. The van der Waals surface area contributed by atoms with Crippen molar-refractivity contribution in [3.8, 4) is 11.3 Å². The molecule has 0 N–H and O–H groups in total. The van der Waals surface area contributed by atoms with Gasteiger partial charge in [-0.2, -0.15) is 0 Å². The van der Waals surface area contributed by atoms with E-state index in [1.54, 1.807) is 0 Å². The standard InChI is InChI=1S/C16H23BrN2OSi/c1-13-18-11-16(14-5-7-15(17)8-6-14)19(13)12-20-9-10-21(2,3)4/h5-8,11H,9-10,12H2,1-4H3. The Labute approximate surface area is 136 Å². The second-order valence-corrected chi connectivity index (χ2v) is 13.0. The summed E-state index contributed by atoms with van der Waals surface area (Å²) in [7, 11) is -1.03. The number of ether oxygens (including phenoxy) is 1. The zero-order valence-corrected chi connectivity index (χ0v) is 15.8. The van der Waals surface area contributed by atoms with Crippen molar-refractivity contribution < 1.29 is 4.74 Å². The van der Waals surface area contributed by atoms with E-state index in [1.165, 1.54) is 6.04 Å². The highest BCUT2D eigenvalue weighted by Crippen LogP contribution is 2.23. The monoisotopic (exact) mass is 366 g/mol. The van der Waals surface area contributed by atoms with Gasteiger partial charge in [0.25, 0.3) is 0 Å². The van der Waals surface area contributed by atoms with E-state index in [4.69, 9.17) is 4.74 Å². The number of hydrogen-bond donors (Lipinski definition) is 0. The van der Waals surface area contributed by atoms with Crippen LogP contribution in [0.4, 0.5) is 0 Å². The van der Waals surface area contributed by atoms with Gasteiger partial charge >= 0.3 is 0 Å². The van der Waals surface area contributed by atoms with Crippen LogP contribution in [0.1, 0.15) is 5.82 Å². The molecule has 2 rings (SSSR count). The minimum absolute atomic E-state index is 0.571. The second kappa shape index (κ2) is 6.90. The molecule has 1 aromatic carbocycles. The van der Waals surface area contributed by atoms with Crippen LogP contribution in [0.5, 0.6) is 0 Å². The summed E-state index contributed by atoms with van der Waals surface area (Å²) in [5.74, 6) is 0.987. The van der Waals surface area contributed by atoms with Crippen molar-refractivity contribution in [3.63, 3.8) is 0 Å². The van der Waals surface area contributed by atoms with Gasteiger partial charge in [0.2, 0.25) is 0 Å². The zero-order valence-electron chi connectivity index (χ0n) is 13.2. The molecule has 0 fully saturated rings. The second-order valence-electron chi connectivity index (χ2n) is 6.47. The number of benzene rings is 1. The third-order valence-electron chi connectivity index (χ3n) is 3.41. The normalized spacial score (nSPS) is 11.9. The van der Waals surface area contributed by atoms with Crippen molar-refractivity contribution in [2.45, 2.75) is 39.3 Å². The summed E-state index contributed by atoms with van der Waals surface area (Å²) in [6, 6.07) is 9.48. The highest BCUT2D eigenvalue weighted by Gasteiger charge is 2.13. The Morgan fingerprint density at radius 3 is 2.48 bits per heavy atom. The minimum atomic E-state index is -1.03. The molecule has 0 spiro atoms. The molecule has 2 aromatic rings. The smallest absolute Gasteiger partial charge is 0.124 e. The molecule has 0 bridgehead atoms. The molecule has 5 heteroatoms. The molecule has 0 unspecified atom stereocenters. The van der Waals surface area contributed by atoms with Gasteiger partial charge in [-0.3, -0.25) is 0 Å². The third-order valence-corrected chi connectivity index (χ3v) is 5.64. The summed E-state index contributed by atoms with van der Waals surface area (Å²) in [6.45, 7) is 10.5. The lowest BCUT2D eigenvalue weighted by Gasteiger charge is -2.16. The molecule has 0 saturated heterocycles. The van der Waals surface area contributed by atoms with Gasteiger partial charge in [0.1, 0.15) is 12.6 Å². The van der Waals surface area contributed by atoms with Crippen molar-refractivity contribution in [2.24, 2.45) is 0 Å². The van der Waals surface area contributed by atoms with Crippen molar-refractivity contribution in [1.82, 2.24) is 9.55 Å². The quantitative estimate of drug-likeness (QED) is 0.535. The first kappa shape index (κ1) is 16.5. The fourth-order valence-corrected chi connectivity index (χ4v) is 3.04. The van der Waals surface area contributed by atoms with Crippen LogP contribution in [0.15, 0.2) is 34.9 Å². The molecule has 1 aromatic heterocycles. The summed E-state index contributed by atoms with van der Waals surface area (Å²) in [5.41, 5.74) is 2.26. The van der Waals surface area contributed by atoms with Crippen molar-refractivity contribution in [2.75, 3.05) is 6.61 Å². The Morgan fingerprint density at radius 2 is 1.86 bits per heavy atom. The van der Waals surface area contributed by atoms with Crippen molar-refractivity contribution in [1.29, 1.82) is 0 Å². The minimum Gasteiger partial charge on any atom is -0.361 e. The van der Waals surface area contributed by atoms with Crippen LogP contribution in [0.2, 0.25) is 25.7 Å². The van der Waals surface area contributed by atoms with E-state index < -0.39 is 8.07 Å². The molecule has 1 heterocycles. The average Bonchev–Trinajstić information content (AvgIpc) is 2.76. The Kier molecular flexibility index (Phi) is 5.41. The van der Waals surface area contributed by atoms with E-state index in [1.807, 2.05) is 25.3 Å². The molecule has 0 aliphatic rings. The summed E-state index contributed by atoms with van der Waals surface area (Å²) < 4.78 is 9.09. The van der Waals surface area contributed by atoms with Crippen molar-refractivity contribution >= 4 is 24.0 Å². The zero-order chi connectivity index (χ0) is 15.5. The fourth-order valence-electron chi connectivity index (χ4n) is 2.02. The first-order valence-corrected chi connectivity index (χ1v) is 11.7. The number of aryl methyl sites for hydroxylation is 1. The molecule has 0 atom stereocenters. The topological polar surface area (TPSA) is 27.1 Å². The van der Waals surface area contributed by atoms with Crippen LogP contribution < -0.4 is 0 Å². The summed E-state index contributed by atoms with van der Waals surface area (Å²) in [6.07, 6.45) is 1.92. The van der Waals surface area contributed by atoms with Crippen LogP contribution in [0, 0.1) is 6.92 Å². The molecule has 0 saturated carbocycles. The number of imidazole rings is 1. The third kappa shape index (κ3) is 4.80. The molecule has 114 valence electrons. The molecule has 3 nitrogen and oxygen atoms in total. The highest BCUT2D eigenvalue weighted by atomic mass is 79.9. The van der Waals surface area contributed by atoms with Crippen LogP contribution in [0.3, 0.4) is 0 Å². The van der Waals surface area contributed by atoms with E-state index in [9.17, 15) is 0 Å². The van der Waals surface area contributed by atoms with Crippen LogP contribution >= 0.6 is 15.9 Å². The summed E-state index contributed by atoms with van der Waals surface area (Å²) in [4.78, 5) is 4.42. The number of hydrogen-bond acceptors (Lipinski definition) is 2. The number of rotatable bonds is 6. The highest BCUT2D eigenvalue weighted by molar-refractivity contribution is 9.10. The largest absolute Gasteiger partial charge is 0.361 e. The fraction of sp³-hybridized carbons (Fsp3) is 0.438. The van der Waals surface area contributed by atoms with Gasteiger partial charge in [0.05, 0.1) is 11.9 Å². The van der Waals surface area contributed by atoms with Crippen LogP contribution in [-0.2, 0) is 11.5 Å². The predicted molar refractivity (Wildman–Crippen MR) is 94.2 cm³/mol. The Morgan fingerprint density at radius 1 is 1.19 bits per heavy atom. The van der Waals surface area contributed by atoms with Gasteiger partial charge in [-0.15, -0.1) is 0 Å². The number of aromatic nitrogens is 2. The Balaban J connectivity index is 2.06. The molecular formula is C16H23BrN2OSi. The first-order valence-electron chi connectivity index (χ1n) is 7.23. The maximum absolute atomic E-state index is 5.87. The van der Waals surface area contributed by atoms with E-state index >= 15 is 0 Å². The van der Waals surface area contributed by atoms with E-state index in [2.05, 4.69) is 57.3 Å². The summed E-state index contributed by atoms with van der Waals surface area (Å²) in [5, 5.41) is 0. The van der Waals surface area contributed by atoms with Crippen LogP contribution in [0.25, 0.3) is 11.3 Å². The molecule has 0 amide bonds. The SMILES string of the molecule is Cc1ncc(-c2ccc(Br)cc2)n1COCC[Si](C)(C)C. The van der Waals surface area contributed by atoms with E-state index in [0.717, 1.165) is 28.2 Å². The average molecular weight is 367 g/mol. The molecule has 0 aliphatic heterocycles. The maximum Gasteiger partial charge on any atom is 0.124 e. The van der Waals surface area contributed by atoms with Gasteiger partial charge in [0.15, 0.2) is 0 Å². The lowest BCUT2D eigenvalue weighted by atomic mass is 10.2. The predicted octanol–water partition coefficient (Wildman–Crippen LogP) is 4.93. The van der Waals surface area contributed by atoms with Gasteiger partial charge < -0.3 is 9.30 Å². The maximum atomic E-state index is 5.87. The van der Waals surface area contributed by atoms with Gasteiger partial charge in [0, 0.05) is 19.2 Å². The molecule has 0 radical (unpaired) electrons. The number of halogens is 1. The Hall–Kier alpha value is -0.913. The van der Waals surface area contributed by atoms with Crippen LogP contribution in [-0.4, -0.2) is 24.2 Å². The van der Waals surface area contributed by atoms with Gasteiger partial charge in [-0.05, 0) is 30.7 Å². The Bertz CT molecular complexity index is 587. The first-order chi connectivity index (χ1) is 9.87. The molecule has 0 aliphatic carbocycles. The summed E-state index contributed by atoms with van der Waals surface area (Å²) >= 11 is 3.47. The van der Waals surface area contributed by atoms with Crippen molar-refractivity contribution in [3.05, 3.63) is 40.8 Å².